The molecule has 0 unspecified atom stereocenters. The van der Waals surface area contributed by atoms with E-state index in [4.69, 9.17) is 9.26 Å². The zero-order valence-electron chi connectivity index (χ0n) is 10.5. The second-order valence-electron chi connectivity index (χ2n) is 4.06. The Kier molecular flexibility index (Phi) is 3.94. The Morgan fingerprint density at radius 2 is 2.22 bits per heavy atom. The van der Waals surface area contributed by atoms with E-state index in [1.54, 1.807) is 19.2 Å². The van der Waals surface area contributed by atoms with Crippen molar-refractivity contribution in [2.45, 2.75) is 19.8 Å². The average Bonchev–Trinajstić information content (AvgIpc) is 2.82. The summed E-state index contributed by atoms with van der Waals surface area (Å²) in [7, 11) is 1.66. The van der Waals surface area contributed by atoms with Crippen LogP contribution in [0, 0.1) is 6.92 Å². The molecule has 96 valence electrons. The van der Waals surface area contributed by atoms with Crippen molar-refractivity contribution in [2.24, 2.45) is 0 Å². The number of methoxy groups -OCH3 is 1. The molecule has 0 radical (unpaired) electrons. The Morgan fingerprint density at radius 3 is 3.00 bits per heavy atom. The summed E-state index contributed by atoms with van der Waals surface area (Å²) in [5, 5.41) is 13.5. The second kappa shape index (κ2) is 5.64. The number of aromatic nitrogens is 2. The first-order valence-electron chi connectivity index (χ1n) is 5.83. The minimum atomic E-state index is 0.228. The molecular weight excluding hydrogens is 232 g/mol. The minimum Gasteiger partial charge on any atom is -0.508 e. The summed E-state index contributed by atoms with van der Waals surface area (Å²) in [5.74, 6) is 1.33. The van der Waals surface area contributed by atoms with Crippen molar-refractivity contribution in [2.75, 3.05) is 13.7 Å². The smallest absolute Gasteiger partial charge is 0.258 e. The number of aromatic hydroxyl groups is 1. The van der Waals surface area contributed by atoms with Gasteiger partial charge in [-0.15, -0.1) is 0 Å². The summed E-state index contributed by atoms with van der Waals surface area (Å²) in [6.45, 7) is 2.49. The molecule has 0 spiro atoms. The largest absolute Gasteiger partial charge is 0.508 e. The number of nitrogens with zero attached hydrogens (tertiary/aromatic N) is 2. The maximum absolute atomic E-state index is 9.64. The van der Waals surface area contributed by atoms with Crippen LogP contribution in [0.1, 0.15) is 17.8 Å². The Balaban J connectivity index is 2.16. The quantitative estimate of drug-likeness (QED) is 0.822. The van der Waals surface area contributed by atoms with Crippen molar-refractivity contribution >= 4 is 0 Å². The Hall–Kier alpha value is -1.88. The van der Waals surface area contributed by atoms with Gasteiger partial charge < -0.3 is 14.4 Å². The molecule has 5 heteroatoms. The number of hydrogen-bond donors (Lipinski definition) is 1. The highest BCUT2D eigenvalue weighted by molar-refractivity contribution is 5.61. The predicted molar refractivity (Wildman–Crippen MR) is 66.3 cm³/mol. The summed E-state index contributed by atoms with van der Waals surface area (Å²) in [6.07, 6.45) is 1.57. The highest BCUT2D eigenvalue weighted by Crippen LogP contribution is 2.27. The van der Waals surface area contributed by atoms with Crippen LogP contribution in [0.3, 0.4) is 0 Å². The lowest BCUT2D eigenvalue weighted by molar-refractivity contribution is 0.194. The molecule has 2 rings (SSSR count). The fraction of sp³-hybridized carbons (Fsp3) is 0.385. The number of aryl methyl sites for hydroxylation is 1. The molecule has 1 aromatic carbocycles. The first-order chi connectivity index (χ1) is 8.72. The van der Waals surface area contributed by atoms with E-state index in [2.05, 4.69) is 10.1 Å². The summed E-state index contributed by atoms with van der Waals surface area (Å²) in [5.41, 5.74) is 1.50. The molecule has 0 saturated heterocycles. The van der Waals surface area contributed by atoms with Crippen molar-refractivity contribution in [1.82, 2.24) is 10.1 Å². The third kappa shape index (κ3) is 2.68. The molecule has 0 atom stereocenters. The minimum absolute atomic E-state index is 0.228. The van der Waals surface area contributed by atoms with Gasteiger partial charge in [0.1, 0.15) is 5.75 Å². The van der Waals surface area contributed by atoms with Crippen LogP contribution in [0.2, 0.25) is 0 Å². The van der Waals surface area contributed by atoms with E-state index in [0.29, 0.717) is 18.3 Å². The molecule has 0 aliphatic rings. The third-order valence-electron chi connectivity index (χ3n) is 2.75. The van der Waals surface area contributed by atoms with Crippen LogP contribution in [0.15, 0.2) is 22.7 Å². The summed E-state index contributed by atoms with van der Waals surface area (Å²) < 4.78 is 10.2. The fourth-order valence-corrected chi connectivity index (χ4v) is 1.69. The van der Waals surface area contributed by atoms with E-state index in [-0.39, 0.29) is 5.75 Å². The number of phenols is 1. The highest BCUT2D eigenvalue weighted by atomic mass is 16.5. The van der Waals surface area contributed by atoms with Gasteiger partial charge in [-0.2, -0.15) is 4.98 Å². The highest BCUT2D eigenvalue weighted by Gasteiger charge is 2.12. The van der Waals surface area contributed by atoms with Gasteiger partial charge in [-0.1, -0.05) is 11.2 Å². The molecule has 0 bridgehead atoms. The lowest BCUT2D eigenvalue weighted by atomic mass is 10.1. The maximum atomic E-state index is 9.64. The van der Waals surface area contributed by atoms with Crippen LogP contribution >= 0.6 is 0 Å². The standard InChI is InChI=1S/C13H16N2O3/c1-9-10(5-3-6-11(9)16)13-14-12(15-18-13)7-4-8-17-2/h3,5-6,16H,4,7-8H2,1-2H3. The molecule has 1 heterocycles. The number of rotatable bonds is 5. The topological polar surface area (TPSA) is 68.4 Å². The van der Waals surface area contributed by atoms with Gasteiger partial charge in [-0.3, -0.25) is 0 Å². The molecule has 18 heavy (non-hydrogen) atoms. The molecule has 2 aromatic rings. The first kappa shape index (κ1) is 12.6. The van der Waals surface area contributed by atoms with Crippen LogP contribution in [0.25, 0.3) is 11.5 Å². The molecule has 0 saturated carbocycles. The van der Waals surface area contributed by atoms with Crippen molar-refractivity contribution in [3.63, 3.8) is 0 Å². The van der Waals surface area contributed by atoms with Crippen LogP contribution < -0.4 is 0 Å². The van der Waals surface area contributed by atoms with Crippen molar-refractivity contribution in [1.29, 1.82) is 0 Å². The number of benzene rings is 1. The van der Waals surface area contributed by atoms with Gasteiger partial charge in [-0.25, -0.2) is 0 Å². The molecule has 0 aliphatic carbocycles. The summed E-state index contributed by atoms with van der Waals surface area (Å²) >= 11 is 0. The molecule has 1 aromatic heterocycles. The predicted octanol–water partition coefficient (Wildman–Crippen LogP) is 2.33. The maximum Gasteiger partial charge on any atom is 0.258 e. The van der Waals surface area contributed by atoms with Crippen molar-refractivity contribution in [3.05, 3.63) is 29.6 Å². The first-order valence-corrected chi connectivity index (χ1v) is 5.83. The average molecular weight is 248 g/mol. The fourth-order valence-electron chi connectivity index (χ4n) is 1.69. The molecular formula is C13H16N2O3. The second-order valence-corrected chi connectivity index (χ2v) is 4.06. The van der Waals surface area contributed by atoms with Gasteiger partial charge in [0.25, 0.3) is 5.89 Å². The Bertz CT molecular complexity index is 523. The van der Waals surface area contributed by atoms with Gasteiger partial charge in [0, 0.05) is 31.3 Å². The molecule has 0 amide bonds. The van der Waals surface area contributed by atoms with Gasteiger partial charge in [0.15, 0.2) is 5.82 Å². The number of hydrogen-bond acceptors (Lipinski definition) is 5. The molecule has 0 aliphatic heterocycles. The van der Waals surface area contributed by atoms with E-state index < -0.39 is 0 Å². The van der Waals surface area contributed by atoms with Crippen LogP contribution in [-0.4, -0.2) is 29.0 Å². The molecule has 5 nitrogen and oxygen atoms in total. The Morgan fingerprint density at radius 1 is 1.39 bits per heavy atom. The van der Waals surface area contributed by atoms with E-state index in [1.807, 2.05) is 13.0 Å². The Labute approximate surface area is 105 Å². The van der Waals surface area contributed by atoms with E-state index >= 15 is 0 Å². The van der Waals surface area contributed by atoms with Gasteiger partial charge >= 0.3 is 0 Å². The molecule has 0 fully saturated rings. The number of phenolic OH excluding ortho intramolecular Hbond substituents is 1. The summed E-state index contributed by atoms with van der Waals surface area (Å²) in [4.78, 5) is 4.31. The van der Waals surface area contributed by atoms with Crippen molar-refractivity contribution < 1.29 is 14.4 Å². The van der Waals surface area contributed by atoms with E-state index in [9.17, 15) is 5.11 Å². The SMILES string of the molecule is COCCCc1noc(-c2cccc(O)c2C)n1. The van der Waals surface area contributed by atoms with Gasteiger partial charge in [-0.05, 0) is 25.5 Å². The lowest BCUT2D eigenvalue weighted by Crippen LogP contribution is -1.94. The van der Waals surface area contributed by atoms with E-state index in [1.165, 1.54) is 0 Å². The van der Waals surface area contributed by atoms with Gasteiger partial charge in [0.2, 0.25) is 0 Å². The zero-order valence-corrected chi connectivity index (χ0v) is 10.5. The number of ether oxygens (including phenoxy) is 1. The monoisotopic (exact) mass is 248 g/mol. The van der Waals surface area contributed by atoms with Crippen molar-refractivity contribution in [3.8, 4) is 17.2 Å². The molecule has 1 N–H and O–H groups in total. The normalized spacial score (nSPS) is 10.8. The van der Waals surface area contributed by atoms with E-state index in [0.717, 1.165) is 24.0 Å². The summed E-state index contributed by atoms with van der Waals surface area (Å²) in [6, 6.07) is 5.24. The lowest BCUT2D eigenvalue weighted by Gasteiger charge is -2.01. The third-order valence-corrected chi connectivity index (χ3v) is 2.75. The van der Waals surface area contributed by atoms with Crippen LogP contribution in [-0.2, 0) is 11.2 Å². The van der Waals surface area contributed by atoms with Gasteiger partial charge in [0.05, 0.1) is 0 Å². The van der Waals surface area contributed by atoms with Crippen LogP contribution in [0.4, 0.5) is 0 Å². The zero-order chi connectivity index (χ0) is 13.0. The van der Waals surface area contributed by atoms with Crippen LogP contribution in [0.5, 0.6) is 5.75 Å².